The fraction of sp³-hybridized carbons (Fsp3) is 0.600. The summed E-state index contributed by atoms with van der Waals surface area (Å²) < 4.78 is 13.9. The number of hydrogen-bond acceptors (Lipinski definition) is 7. The maximum atomic E-state index is 11.2. The van der Waals surface area contributed by atoms with Crippen LogP contribution >= 0.6 is 0 Å². The lowest BCUT2D eigenvalue weighted by Gasteiger charge is -2.18. The first-order chi connectivity index (χ1) is 7.97. The number of hydrogen-bond donors (Lipinski definition) is 0. The van der Waals surface area contributed by atoms with Crippen LogP contribution in [0.5, 0.6) is 0 Å². The second kappa shape index (κ2) is 5.97. The highest BCUT2D eigenvalue weighted by Gasteiger charge is 2.23. The standard InChI is InChI=1S/C10H12O7/c1-6(11)15-10-5-4-8(13)16-7(12)2-3-9(14)17-10/h10H,2-5H2,1H3. The number of carbonyl (C=O) groups excluding carboxylic acids is 4. The molecule has 0 aromatic carbocycles. The van der Waals surface area contributed by atoms with Crippen molar-refractivity contribution in [2.24, 2.45) is 0 Å². The maximum absolute atomic E-state index is 11.2. The van der Waals surface area contributed by atoms with Crippen LogP contribution in [-0.2, 0) is 33.4 Å². The Morgan fingerprint density at radius 3 is 2.35 bits per heavy atom. The van der Waals surface area contributed by atoms with Gasteiger partial charge in [-0.2, -0.15) is 0 Å². The maximum Gasteiger partial charge on any atom is 0.314 e. The second-order valence-corrected chi connectivity index (χ2v) is 3.41. The molecule has 0 amide bonds. The molecule has 7 nitrogen and oxygen atoms in total. The highest BCUT2D eigenvalue weighted by Crippen LogP contribution is 2.11. The first-order valence-corrected chi connectivity index (χ1v) is 5.07. The Hall–Kier alpha value is -1.92. The quantitative estimate of drug-likeness (QED) is 0.475. The number of rotatable bonds is 1. The number of carbonyl (C=O) groups is 4. The highest BCUT2D eigenvalue weighted by atomic mass is 16.7. The molecule has 0 N–H and O–H groups in total. The molecule has 1 saturated heterocycles. The summed E-state index contributed by atoms with van der Waals surface area (Å²) in [5, 5.41) is 0. The van der Waals surface area contributed by atoms with Crippen LogP contribution in [0.1, 0.15) is 32.6 Å². The molecule has 1 aliphatic rings. The summed E-state index contributed by atoms with van der Waals surface area (Å²) >= 11 is 0. The molecule has 7 heteroatoms. The lowest BCUT2D eigenvalue weighted by atomic mass is 10.2. The van der Waals surface area contributed by atoms with Crippen LogP contribution in [0.15, 0.2) is 0 Å². The van der Waals surface area contributed by atoms with E-state index >= 15 is 0 Å². The molecule has 1 aliphatic heterocycles. The van der Waals surface area contributed by atoms with Gasteiger partial charge in [0.2, 0.25) is 6.29 Å². The van der Waals surface area contributed by atoms with Gasteiger partial charge in [0.1, 0.15) is 0 Å². The van der Waals surface area contributed by atoms with Crippen molar-refractivity contribution < 1.29 is 33.4 Å². The third kappa shape index (κ3) is 5.10. The van der Waals surface area contributed by atoms with Crippen molar-refractivity contribution in [1.29, 1.82) is 0 Å². The van der Waals surface area contributed by atoms with Gasteiger partial charge in [0.05, 0.1) is 19.3 Å². The molecule has 0 aliphatic carbocycles. The number of ether oxygens (including phenoxy) is 3. The Balaban J connectivity index is 2.62. The third-order valence-electron chi connectivity index (χ3n) is 1.91. The van der Waals surface area contributed by atoms with E-state index in [0.29, 0.717) is 0 Å². The summed E-state index contributed by atoms with van der Waals surface area (Å²) in [5.41, 5.74) is 0. The highest BCUT2D eigenvalue weighted by molar-refractivity contribution is 5.87. The Morgan fingerprint density at radius 2 is 1.71 bits per heavy atom. The average Bonchev–Trinajstić information content (AvgIpc) is 2.21. The molecule has 0 spiro atoms. The van der Waals surface area contributed by atoms with E-state index in [-0.39, 0.29) is 25.7 Å². The molecule has 1 unspecified atom stereocenters. The van der Waals surface area contributed by atoms with Gasteiger partial charge in [-0.05, 0) is 0 Å². The van der Waals surface area contributed by atoms with Crippen molar-refractivity contribution in [3.05, 3.63) is 0 Å². The van der Waals surface area contributed by atoms with Crippen molar-refractivity contribution >= 4 is 23.9 Å². The Bertz CT molecular complexity index is 347. The van der Waals surface area contributed by atoms with E-state index in [4.69, 9.17) is 9.47 Å². The fourth-order valence-electron chi connectivity index (χ4n) is 1.20. The monoisotopic (exact) mass is 244 g/mol. The van der Waals surface area contributed by atoms with Crippen molar-refractivity contribution in [2.45, 2.75) is 38.9 Å². The van der Waals surface area contributed by atoms with E-state index in [1.165, 1.54) is 0 Å². The van der Waals surface area contributed by atoms with Crippen LogP contribution in [0.2, 0.25) is 0 Å². The topological polar surface area (TPSA) is 96.0 Å². The summed E-state index contributed by atoms with van der Waals surface area (Å²) in [6, 6.07) is 0. The van der Waals surface area contributed by atoms with Crippen LogP contribution in [-0.4, -0.2) is 30.2 Å². The van der Waals surface area contributed by atoms with Crippen LogP contribution in [0, 0.1) is 0 Å². The molecule has 0 aromatic rings. The molecule has 0 bridgehead atoms. The van der Waals surface area contributed by atoms with Gasteiger partial charge < -0.3 is 14.2 Å². The van der Waals surface area contributed by atoms with Crippen molar-refractivity contribution in [2.75, 3.05) is 0 Å². The zero-order valence-corrected chi connectivity index (χ0v) is 9.26. The van der Waals surface area contributed by atoms with Crippen molar-refractivity contribution in [3.8, 4) is 0 Å². The van der Waals surface area contributed by atoms with Gasteiger partial charge in [-0.3, -0.25) is 19.2 Å². The fourth-order valence-corrected chi connectivity index (χ4v) is 1.20. The SMILES string of the molecule is CC(=O)OC1CCC(=O)OC(=O)CCC(=O)O1. The zero-order chi connectivity index (χ0) is 12.8. The minimum atomic E-state index is -1.11. The van der Waals surface area contributed by atoms with Gasteiger partial charge in [-0.15, -0.1) is 0 Å². The molecule has 17 heavy (non-hydrogen) atoms. The van der Waals surface area contributed by atoms with E-state index in [0.717, 1.165) is 6.92 Å². The van der Waals surface area contributed by atoms with Crippen LogP contribution in [0.3, 0.4) is 0 Å². The van der Waals surface area contributed by atoms with Crippen molar-refractivity contribution in [1.82, 2.24) is 0 Å². The van der Waals surface area contributed by atoms with Crippen molar-refractivity contribution in [3.63, 3.8) is 0 Å². The van der Waals surface area contributed by atoms with E-state index in [1.54, 1.807) is 0 Å². The van der Waals surface area contributed by atoms with Gasteiger partial charge in [0, 0.05) is 13.3 Å². The third-order valence-corrected chi connectivity index (χ3v) is 1.91. The minimum Gasteiger partial charge on any atom is -0.425 e. The Morgan fingerprint density at radius 1 is 1.12 bits per heavy atom. The molecule has 1 fully saturated rings. The largest absolute Gasteiger partial charge is 0.425 e. The van der Waals surface area contributed by atoms with Gasteiger partial charge in [0.15, 0.2) is 0 Å². The number of cyclic esters (lactones) is 3. The Kier molecular flexibility index (Phi) is 4.62. The lowest BCUT2D eigenvalue weighted by Crippen LogP contribution is -2.27. The lowest BCUT2D eigenvalue weighted by molar-refractivity contribution is -0.191. The predicted octanol–water partition coefficient (Wildman–Crippen LogP) is 0.0626. The average molecular weight is 244 g/mol. The van der Waals surface area contributed by atoms with E-state index < -0.39 is 30.2 Å². The van der Waals surface area contributed by atoms with Gasteiger partial charge in [-0.25, -0.2) is 0 Å². The molecule has 94 valence electrons. The summed E-state index contributed by atoms with van der Waals surface area (Å²) in [6.07, 6.45) is -1.77. The van der Waals surface area contributed by atoms with Crippen LogP contribution in [0.4, 0.5) is 0 Å². The Labute approximate surface area is 97.0 Å². The smallest absolute Gasteiger partial charge is 0.314 e. The normalized spacial score (nSPS) is 22.4. The van der Waals surface area contributed by atoms with Crippen LogP contribution < -0.4 is 0 Å². The molecule has 1 rings (SSSR count). The van der Waals surface area contributed by atoms with Gasteiger partial charge in [-0.1, -0.05) is 0 Å². The van der Waals surface area contributed by atoms with Gasteiger partial charge in [0.25, 0.3) is 0 Å². The molecular weight excluding hydrogens is 232 g/mol. The molecule has 1 atom stereocenters. The summed E-state index contributed by atoms with van der Waals surface area (Å²) in [7, 11) is 0. The summed E-state index contributed by atoms with van der Waals surface area (Å²) in [4.78, 5) is 44.0. The minimum absolute atomic E-state index is 0.0303. The zero-order valence-electron chi connectivity index (χ0n) is 9.26. The molecule has 0 saturated carbocycles. The van der Waals surface area contributed by atoms with E-state index in [9.17, 15) is 19.2 Å². The van der Waals surface area contributed by atoms with Crippen LogP contribution in [0.25, 0.3) is 0 Å². The van der Waals surface area contributed by atoms with E-state index in [1.807, 2.05) is 0 Å². The summed E-state index contributed by atoms with van der Waals surface area (Å²) in [5.74, 6) is -2.80. The summed E-state index contributed by atoms with van der Waals surface area (Å²) in [6.45, 7) is 1.16. The molecule has 0 aromatic heterocycles. The molecular formula is C10H12O7. The second-order valence-electron chi connectivity index (χ2n) is 3.41. The first-order valence-electron chi connectivity index (χ1n) is 5.07. The number of esters is 4. The molecule has 0 radical (unpaired) electrons. The van der Waals surface area contributed by atoms with Gasteiger partial charge >= 0.3 is 23.9 Å². The van der Waals surface area contributed by atoms with E-state index in [2.05, 4.69) is 4.74 Å². The first kappa shape index (κ1) is 13.1. The predicted molar refractivity (Wildman–Crippen MR) is 51.2 cm³/mol. The molecule has 1 heterocycles.